The van der Waals surface area contributed by atoms with Gasteiger partial charge in [-0.15, -0.1) is 0 Å². The van der Waals surface area contributed by atoms with Crippen LogP contribution >= 0.6 is 0 Å². The zero-order chi connectivity index (χ0) is 72.5. The van der Waals surface area contributed by atoms with Crippen molar-refractivity contribution in [3.05, 3.63) is 42.0 Å². The highest BCUT2D eigenvalue weighted by atomic mass is 16.8. The van der Waals surface area contributed by atoms with Crippen LogP contribution in [0, 0.1) is 0 Å². The molecule has 36 nitrogen and oxygen atoms in total. The summed E-state index contributed by atoms with van der Waals surface area (Å²) in [5.41, 5.74) is 0.0482. The molecular formula is C63H101N5O31. The van der Waals surface area contributed by atoms with Crippen molar-refractivity contribution in [3.8, 4) is 5.75 Å². The molecule has 1 aromatic carbocycles. The SMILES string of the molecule is CCCCCC/C=C\CCCOc1cccc(C(=O)N[C@@H]2C(O[C@@H]3C(CO)O[C@@H](OC4C(CO)O[C@@H](O[C@@H]5C(CO)OC(OC6C(CO[C@@H]7OC(C)C(O)[C@H](O)[C@H]7OC)OC(O)[C@@H](NC(C)=O)[C@H]6O)C(NC(C)=O)C5O)[C@@H](NC(C)=O)[C@H]4O)C(NC(C)=O)C3O)OC(CO)[C@@H](O)[C@@H]2O)c1. The molecule has 18 N–H and O–H groups in total. The van der Waals surface area contributed by atoms with Crippen LogP contribution in [0.5, 0.6) is 5.75 Å². The number of carbonyl (C=O) groups excluding carboxylic acids is 5. The maximum atomic E-state index is 14.0. The highest BCUT2D eigenvalue weighted by Crippen LogP contribution is 2.37. The summed E-state index contributed by atoms with van der Waals surface area (Å²) in [7, 11) is 1.21. The third-order valence-electron chi connectivity index (χ3n) is 17.8. The molecule has 16 unspecified atom stereocenters. The standard InChI is InChI=1S/C63H101N5O31/c1-8-9-10-11-12-13-14-15-16-20-88-33-19-17-18-32(21-33)57(85)68-40-46(79)45(78)34(22-69)92-59(40)96-52-35(23-70)93-60(41(48(52)81)65-29(4)74)97-53-36(24-71)94-61(42(49(53)82)66-30(5)75)98-54-37(25-72)95-62(43(50(54)83)67-31(6)76)99-55-38(91-58(86)39(47(55)80)64-28(3)73)26-89-63-56(87-7)51(84)44(77)27(2)90-63/h13-14,17-19,21,27,34-56,58-63,69-72,77-84,86H,8-12,15-16,20,22-26H2,1-7H3,(H,64,73)(H,65,74)(H,66,75)(H,67,76)(H,68,85)/b14-13-/t27?,34?,35?,36?,37?,38?,39-,40-,41?,42-,43?,44?,45+,46+,47+,48?,49+,50?,51-,52+,53?,54+,55?,56+,58?,59?,60-,61-,62?,63+/m0/s1. The minimum absolute atomic E-state index is 0.0482. The number of rotatable bonds is 32. The zero-order valence-corrected chi connectivity index (χ0v) is 56.1. The summed E-state index contributed by atoms with van der Waals surface area (Å²) < 4.78 is 77.9. The molecule has 0 bridgehead atoms. The summed E-state index contributed by atoms with van der Waals surface area (Å²) in [5, 5.41) is 158. The molecule has 5 amide bonds. The number of nitrogens with one attached hydrogen (secondary N) is 5. The van der Waals surface area contributed by atoms with E-state index in [2.05, 4.69) is 45.7 Å². The second kappa shape index (κ2) is 38.6. The fourth-order valence-electron chi connectivity index (χ4n) is 12.7. The third-order valence-corrected chi connectivity index (χ3v) is 17.8. The van der Waals surface area contributed by atoms with Crippen molar-refractivity contribution in [2.24, 2.45) is 0 Å². The molecule has 0 saturated carbocycles. The predicted octanol–water partition coefficient (Wildman–Crippen LogP) is -6.72. The Morgan fingerprint density at radius 3 is 1.35 bits per heavy atom. The summed E-state index contributed by atoms with van der Waals surface area (Å²) in [5.74, 6) is -3.67. The quantitative estimate of drug-likeness (QED) is 0.0235. The molecule has 99 heavy (non-hydrogen) atoms. The normalized spacial score (nSPS) is 39.6. The Balaban J connectivity index is 1.07. The van der Waals surface area contributed by atoms with Gasteiger partial charge in [-0.2, -0.15) is 0 Å². The second-order valence-corrected chi connectivity index (χ2v) is 25.3. The Morgan fingerprint density at radius 1 is 0.465 bits per heavy atom. The second-order valence-electron chi connectivity index (χ2n) is 25.3. The Bertz CT molecular complexity index is 2730. The van der Waals surface area contributed by atoms with Gasteiger partial charge in [0.15, 0.2) is 37.7 Å². The molecule has 6 aliphatic heterocycles. The fourth-order valence-corrected chi connectivity index (χ4v) is 12.7. The number of carbonyl (C=O) groups is 5. The number of unbranched alkanes of at least 4 members (excludes halogenated alkanes) is 5. The lowest BCUT2D eigenvalue weighted by Gasteiger charge is -2.51. The van der Waals surface area contributed by atoms with Crippen LogP contribution < -0.4 is 31.3 Å². The minimum Gasteiger partial charge on any atom is -0.494 e. The molecule has 0 aromatic heterocycles. The molecule has 6 saturated heterocycles. The van der Waals surface area contributed by atoms with Crippen LogP contribution in [0.1, 0.15) is 96.8 Å². The van der Waals surface area contributed by atoms with Crippen molar-refractivity contribution in [1.82, 2.24) is 26.6 Å². The number of methoxy groups -OCH3 is 1. The summed E-state index contributed by atoms with van der Waals surface area (Å²) in [6.07, 6.45) is -32.0. The summed E-state index contributed by atoms with van der Waals surface area (Å²) in [6, 6.07) is -2.45. The lowest BCUT2D eigenvalue weighted by Crippen LogP contribution is -2.72. The van der Waals surface area contributed by atoms with Gasteiger partial charge in [0.05, 0.1) is 45.7 Å². The van der Waals surface area contributed by atoms with E-state index in [0.29, 0.717) is 18.8 Å². The van der Waals surface area contributed by atoms with Crippen molar-refractivity contribution < 1.29 is 152 Å². The topological polar surface area (TPSA) is 528 Å². The Hall–Kier alpha value is -4.89. The van der Waals surface area contributed by atoms with Gasteiger partial charge in [0.1, 0.15) is 146 Å². The number of aliphatic hydroxyl groups excluding tert-OH is 13. The van der Waals surface area contributed by atoms with Crippen molar-refractivity contribution >= 4 is 29.5 Å². The van der Waals surface area contributed by atoms with Gasteiger partial charge >= 0.3 is 0 Å². The van der Waals surface area contributed by atoms with Crippen molar-refractivity contribution in [2.45, 2.75) is 270 Å². The Labute approximate surface area is 571 Å². The van der Waals surface area contributed by atoms with Crippen LogP contribution in [0.2, 0.25) is 0 Å². The molecular weight excluding hydrogens is 1320 g/mol. The van der Waals surface area contributed by atoms with Gasteiger partial charge in [-0.05, 0) is 50.8 Å². The van der Waals surface area contributed by atoms with Gasteiger partial charge in [-0.3, -0.25) is 24.0 Å². The Kier molecular flexibility index (Phi) is 31.7. The number of aliphatic hydroxyl groups is 13. The van der Waals surface area contributed by atoms with Crippen molar-refractivity contribution in [2.75, 3.05) is 46.8 Å². The maximum absolute atomic E-state index is 14.0. The first-order valence-electron chi connectivity index (χ1n) is 33.2. The monoisotopic (exact) mass is 1420 g/mol. The molecule has 36 heteroatoms. The number of hydrogen-bond donors (Lipinski definition) is 18. The molecule has 0 aliphatic carbocycles. The molecule has 6 aliphatic rings. The highest BCUT2D eigenvalue weighted by molar-refractivity contribution is 5.94. The van der Waals surface area contributed by atoms with E-state index in [1.54, 1.807) is 12.1 Å². The first-order valence-corrected chi connectivity index (χ1v) is 33.2. The molecule has 6 heterocycles. The number of ether oxygens (including phenoxy) is 13. The summed E-state index contributed by atoms with van der Waals surface area (Å²) in [6.45, 7) is 3.52. The lowest BCUT2D eigenvalue weighted by molar-refractivity contribution is -0.368. The van der Waals surface area contributed by atoms with E-state index >= 15 is 0 Å². The van der Waals surface area contributed by atoms with Gasteiger partial charge in [0.2, 0.25) is 23.6 Å². The molecule has 0 radical (unpaired) electrons. The van der Waals surface area contributed by atoms with Gasteiger partial charge in [-0.25, -0.2) is 0 Å². The van der Waals surface area contributed by atoms with Crippen LogP contribution in [0.25, 0.3) is 0 Å². The van der Waals surface area contributed by atoms with Crippen molar-refractivity contribution in [3.63, 3.8) is 0 Å². The van der Waals surface area contributed by atoms with Crippen molar-refractivity contribution in [1.29, 1.82) is 0 Å². The lowest BCUT2D eigenvalue weighted by atomic mass is 9.93. The minimum atomic E-state index is -2.07. The average molecular weight is 1420 g/mol. The smallest absolute Gasteiger partial charge is 0.251 e. The highest BCUT2D eigenvalue weighted by Gasteiger charge is 2.58. The largest absolute Gasteiger partial charge is 0.494 e. The van der Waals surface area contributed by atoms with Crippen LogP contribution in [0.15, 0.2) is 36.4 Å². The van der Waals surface area contributed by atoms with Crippen LogP contribution in [-0.4, -0.2) is 327 Å². The summed E-state index contributed by atoms with van der Waals surface area (Å²) >= 11 is 0. The maximum Gasteiger partial charge on any atom is 0.251 e. The predicted molar refractivity (Wildman–Crippen MR) is 333 cm³/mol. The van der Waals surface area contributed by atoms with E-state index in [4.69, 9.17) is 61.6 Å². The number of amides is 5. The molecule has 564 valence electrons. The number of allylic oxidation sites excluding steroid dienone is 2. The first-order chi connectivity index (χ1) is 47.2. The van der Waals surface area contributed by atoms with E-state index in [9.17, 15) is 90.4 Å². The van der Waals surface area contributed by atoms with Crippen LogP contribution in [-0.2, 0) is 76.0 Å². The van der Waals surface area contributed by atoms with Crippen LogP contribution in [0.3, 0.4) is 0 Å². The molecule has 30 atom stereocenters. The van der Waals surface area contributed by atoms with Gasteiger partial charge < -0.3 is 155 Å². The van der Waals surface area contributed by atoms with Gasteiger partial charge in [-0.1, -0.05) is 44.4 Å². The van der Waals surface area contributed by atoms with E-state index < -0.39 is 246 Å². The van der Waals surface area contributed by atoms with E-state index in [-0.39, 0.29) is 5.56 Å². The third kappa shape index (κ3) is 20.9. The molecule has 0 spiro atoms. The molecule has 6 fully saturated rings. The first kappa shape index (κ1) is 81.4. The number of benzene rings is 1. The average Bonchev–Trinajstić information content (AvgIpc) is 0.791. The zero-order valence-electron chi connectivity index (χ0n) is 56.1. The fraction of sp³-hybridized carbons (Fsp3) is 0.794. The van der Waals surface area contributed by atoms with E-state index in [1.165, 1.54) is 39.0 Å². The van der Waals surface area contributed by atoms with E-state index in [0.717, 1.165) is 53.4 Å². The van der Waals surface area contributed by atoms with Gasteiger partial charge in [0, 0.05) is 40.4 Å². The Morgan fingerprint density at radius 2 is 0.899 bits per heavy atom. The number of hydrogen-bond acceptors (Lipinski definition) is 31. The van der Waals surface area contributed by atoms with Gasteiger partial charge in [0.25, 0.3) is 5.91 Å². The summed E-state index contributed by atoms with van der Waals surface area (Å²) in [4.78, 5) is 65.1. The van der Waals surface area contributed by atoms with Crippen LogP contribution in [0.4, 0.5) is 0 Å². The van der Waals surface area contributed by atoms with E-state index in [1.807, 2.05) is 0 Å². The molecule has 7 rings (SSSR count). The molecule has 1 aromatic rings.